The number of allylic oxidation sites excluding steroid dienone is 2. The average molecular weight is 383 g/mol. The minimum Gasteiger partial charge on any atom is -0.481 e. The number of ether oxygens (including phenoxy) is 1. The van der Waals surface area contributed by atoms with Gasteiger partial charge in [-0.25, -0.2) is 20.3 Å². The first-order valence-electron chi connectivity index (χ1n) is 9.79. The highest BCUT2D eigenvalue weighted by atomic mass is 19.1. The van der Waals surface area contributed by atoms with E-state index in [2.05, 4.69) is 16.3 Å². The van der Waals surface area contributed by atoms with Crippen molar-refractivity contribution >= 4 is 5.91 Å². The second-order valence-corrected chi connectivity index (χ2v) is 6.74. The van der Waals surface area contributed by atoms with Gasteiger partial charge in [0.05, 0.1) is 24.9 Å². The normalized spacial score (nSPS) is 26.9. The molecule has 3 aliphatic rings. The van der Waals surface area contributed by atoms with E-state index in [0.29, 0.717) is 12.3 Å². The van der Waals surface area contributed by atoms with Crippen molar-refractivity contribution in [3.8, 4) is 0 Å². The Hall–Kier alpha value is -1.86. The van der Waals surface area contributed by atoms with Gasteiger partial charge in [0, 0.05) is 12.5 Å². The highest BCUT2D eigenvalue weighted by Gasteiger charge is 2.41. The zero-order valence-corrected chi connectivity index (χ0v) is 17.8. The Morgan fingerprint density at radius 3 is 2.37 bits per heavy atom. The summed E-state index contributed by atoms with van der Waals surface area (Å²) in [6.45, 7) is 13.1. The second-order valence-electron chi connectivity index (χ2n) is 6.74. The van der Waals surface area contributed by atoms with Gasteiger partial charge in [-0.05, 0) is 37.5 Å². The predicted octanol–water partition coefficient (Wildman–Crippen LogP) is 3.32. The lowest BCUT2D eigenvalue weighted by Gasteiger charge is -2.36. The van der Waals surface area contributed by atoms with Crippen LogP contribution in [0.15, 0.2) is 35.4 Å². The highest BCUT2D eigenvalue weighted by molar-refractivity contribution is 5.76. The number of nitrogens with zero attached hydrogens (tertiary/aromatic N) is 1. The van der Waals surface area contributed by atoms with Gasteiger partial charge in [-0.15, -0.1) is 0 Å². The number of hydrogen-bond donors (Lipinski definition) is 3. The summed E-state index contributed by atoms with van der Waals surface area (Å²) < 4.78 is 19.7. The summed E-state index contributed by atoms with van der Waals surface area (Å²) in [4.78, 5) is 11.5. The van der Waals surface area contributed by atoms with E-state index in [-0.39, 0.29) is 17.9 Å². The summed E-state index contributed by atoms with van der Waals surface area (Å²) in [6.07, 6.45) is 6.14. The van der Waals surface area contributed by atoms with Gasteiger partial charge in [-0.3, -0.25) is 10.2 Å². The molecule has 3 rings (SSSR count). The van der Waals surface area contributed by atoms with Crippen LogP contribution in [0.4, 0.5) is 4.39 Å². The molecule has 0 aromatic heterocycles. The lowest BCUT2D eigenvalue weighted by molar-refractivity contribution is -0.125. The number of halogens is 1. The number of fused-ring (bicyclic) bond motifs is 1. The number of carbonyl (C=O) groups is 1. The Balaban J connectivity index is 0.000000855. The maximum absolute atomic E-state index is 14.4. The number of hydrazine groups is 2. The zero-order chi connectivity index (χ0) is 20.8. The lowest BCUT2D eigenvalue weighted by Crippen LogP contribution is -2.55. The average Bonchev–Trinajstić information content (AvgIpc) is 3.11. The van der Waals surface area contributed by atoms with Crippen LogP contribution in [-0.2, 0) is 9.53 Å². The van der Waals surface area contributed by atoms with Crippen LogP contribution in [0.3, 0.4) is 0 Å². The van der Waals surface area contributed by atoms with Gasteiger partial charge >= 0.3 is 0 Å². The molecule has 27 heavy (non-hydrogen) atoms. The molecule has 0 aliphatic carbocycles. The molecule has 0 spiro atoms. The third-order valence-electron chi connectivity index (χ3n) is 4.48. The molecule has 3 aliphatic heterocycles. The molecule has 0 saturated carbocycles. The smallest absolute Gasteiger partial charge is 0.234 e. The molecule has 3 unspecified atom stereocenters. The molecule has 3 N–H and O–H groups in total. The molecule has 1 fully saturated rings. The van der Waals surface area contributed by atoms with Crippen molar-refractivity contribution in [3.63, 3.8) is 0 Å². The van der Waals surface area contributed by atoms with Gasteiger partial charge in [-0.1, -0.05) is 34.6 Å². The number of alkyl halides is 1. The van der Waals surface area contributed by atoms with E-state index in [1.165, 1.54) is 0 Å². The van der Waals surface area contributed by atoms with Crippen LogP contribution in [0.25, 0.3) is 0 Å². The number of carbonyl (C=O) groups excluding carboxylic acids is 1. The van der Waals surface area contributed by atoms with Crippen LogP contribution >= 0.6 is 0 Å². The summed E-state index contributed by atoms with van der Waals surface area (Å²) in [6, 6.07) is -0.495. The Morgan fingerprint density at radius 1 is 1.22 bits per heavy atom. The van der Waals surface area contributed by atoms with Gasteiger partial charge in [0.25, 0.3) is 0 Å². The maximum atomic E-state index is 14.4. The molecule has 1 amide bonds. The summed E-state index contributed by atoms with van der Waals surface area (Å²) in [5, 5.41) is 1.77. The Labute approximate surface area is 162 Å². The van der Waals surface area contributed by atoms with Gasteiger partial charge in [0.15, 0.2) is 0 Å². The highest BCUT2D eigenvalue weighted by Crippen LogP contribution is 2.36. The number of hydrogen-bond acceptors (Lipinski definition) is 5. The van der Waals surface area contributed by atoms with Crippen LogP contribution in [0.1, 0.15) is 54.9 Å². The minimum absolute atomic E-state index is 0.0172. The van der Waals surface area contributed by atoms with Gasteiger partial charge in [0.1, 0.15) is 5.67 Å². The predicted molar refractivity (Wildman–Crippen MR) is 107 cm³/mol. The van der Waals surface area contributed by atoms with Gasteiger partial charge < -0.3 is 4.74 Å². The van der Waals surface area contributed by atoms with E-state index in [4.69, 9.17) is 4.74 Å². The van der Waals surface area contributed by atoms with Crippen molar-refractivity contribution in [1.82, 2.24) is 21.3 Å². The molecule has 6 nitrogen and oxygen atoms in total. The zero-order valence-electron chi connectivity index (χ0n) is 17.8. The van der Waals surface area contributed by atoms with E-state index in [1.54, 1.807) is 26.0 Å². The van der Waals surface area contributed by atoms with Crippen LogP contribution in [-0.4, -0.2) is 35.8 Å². The molecule has 3 atom stereocenters. The van der Waals surface area contributed by atoms with Crippen LogP contribution in [0.2, 0.25) is 0 Å². The Bertz CT molecular complexity index is 608. The number of amides is 1. The monoisotopic (exact) mass is 382 g/mol. The molecule has 154 valence electrons. The van der Waals surface area contributed by atoms with E-state index < -0.39 is 11.7 Å². The summed E-state index contributed by atoms with van der Waals surface area (Å²) in [5.41, 5.74) is 9.34. The Morgan fingerprint density at radius 2 is 1.85 bits per heavy atom. The van der Waals surface area contributed by atoms with E-state index in [9.17, 15) is 9.18 Å². The molecule has 1 saturated heterocycles. The largest absolute Gasteiger partial charge is 0.481 e. The van der Waals surface area contributed by atoms with Crippen molar-refractivity contribution in [2.24, 2.45) is 5.92 Å². The van der Waals surface area contributed by atoms with Crippen molar-refractivity contribution < 1.29 is 13.9 Å². The molecule has 0 aromatic carbocycles. The van der Waals surface area contributed by atoms with E-state index >= 15 is 0 Å². The fourth-order valence-corrected chi connectivity index (χ4v) is 3.13. The molecule has 3 heterocycles. The summed E-state index contributed by atoms with van der Waals surface area (Å²) in [7, 11) is 1.58. The lowest BCUT2D eigenvalue weighted by atomic mass is 9.87. The Kier molecular flexibility index (Phi) is 8.50. The van der Waals surface area contributed by atoms with Crippen LogP contribution in [0, 0.1) is 5.92 Å². The SMILES string of the molecule is CC.CC.COC1=CC=C(C2NNC(=O)CC2C)C2=CC(C(C)(C)F)NN12. The maximum Gasteiger partial charge on any atom is 0.234 e. The van der Waals surface area contributed by atoms with Gasteiger partial charge in [0.2, 0.25) is 11.8 Å². The summed E-state index contributed by atoms with van der Waals surface area (Å²) in [5.74, 6) is 0.725. The molecule has 7 heteroatoms. The number of rotatable bonds is 3. The standard InChI is InChI=1S/C16H23FN4O2.2C2H6/c1-9-7-13(22)18-19-15(9)10-5-6-14(23-4)21-11(10)8-12(20-21)16(2,3)17;2*1-2/h5-6,8-9,12,15,19-20H,7H2,1-4H3,(H,18,22);2*1-2H3. The first-order valence-corrected chi connectivity index (χ1v) is 9.79. The van der Waals surface area contributed by atoms with Crippen LogP contribution in [0.5, 0.6) is 0 Å². The van der Waals surface area contributed by atoms with Crippen molar-refractivity contribution in [3.05, 3.63) is 35.4 Å². The third kappa shape index (κ3) is 5.11. The van der Waals surface area contributed by atoms with E-state index in [0.717, 1.165) is 11.3 Å². The quantitative estimate of drug-likeness (QED) is 0.699. The fraction of sp³-hybridized carbons (Fsp3) is 0.650. The summed E-state index contributed by atoms with van der Waals surface area (Å²) >= 11 is 0. The first-order chi connectivity index (χ1) is 12.8. The third-order valence-corrected chi connectivity index (χ3v) is 4.48. The van der Waals surface area contributed by atoms with Crippen LogP contribution < -0.4 is 16.3 Å². The van der Waals surface area contributed by atoms with Gasteiger partial charge in [-0.2, -0.15) is 0 Å². The molecule has 0 bridgehead atoms. The first kappa shape index (κ1) is 23.2. The van der Waals surface area contributed by atoms with Crippen molar-refractivity contribution in [1.29, 1.82) is 0 Å². The molecular weight excluding hydrogens is 347 g/mol. The van der Waals surface area contributed by atoms with Crippen molar-refractivity contribution in [2.45, 2.75) is 72.6 Å². The number of methoxy groups -OCH3 is 1. The van der Waals surface area contributed by atoms with Crippen molar-refractivity contribution in [2.75, 3.05) is 7.11 Å². The van der Waals surface area contributed by atoms with E-state index in [1.807, 2.05) is 52.8 Å². The topological polar surface area (TPSA) is 65.6 Å². The number of nitrogens with one attached hydrogen (secondary N) is 3. The molecule has 0 aromatic rings. The molecule has 0 radical (unpaired) electrons. The molecular formula is C20H35FN4O2. The second kappa shape index (κ2) is 9.90. The minimum atomic E-state index is -1.41. The fourth-order valence-electron chi connectivity index (χ4n) is 3.13.